The molecule has 0 radical (unpaired) electrons. The predicted molar refractivity (Wildman–Crippen MR) is 114 cm³/mol. The molecule has 0 aliphatic carbocycles. The van der Waals surface area contributed by atoms with Gasteiger partial charge in [-0.25, -0.2) is 19.3 Å². The SMILES string of the molecule is COc1cc(-c2cnc(N[C@@H](C)c3ccc(F)cc3)nc2)ccc1-n1cnc(C)c1. The maximum absolute atomic E-state index is 13.1. The Morgan fingerprint density at radius 1 is 1.00 bits per heavy atom. The van der Waals surface area contributed by atoms with Crippen LogP contribution in [0.2, 0.25) is 0 Å². The van der Waals surface area contributed by atoms with Crippen molar-refractivity contribution < 1.29 is 9.13 Å². The highest BCUT2D eigenvalue weighted by Gasteiger charge is 2.11. The molecule has 0 saturated heterocycles. The summed E-state index contributed by atoms with van der Waals surface area (Å²) in [6.45, 7) is 3.92. The van der Waals surface area contributed by atoms with Crippen molar-refractivity contribution in [1.29, 1.82) is 0 Å². The summed E-state index contributed by atoms with van der Waals surface area (Å²) in [5.41, 5.74) is 4.63. The molecule has 2 aromatic heterocycles. The van der Waals surface area contributed by atoms with Crippen molar-refractivity contribution in [2.45, 2.75) is 19.9 Å². The van der Waals surface area contributed by atoms with Gasteiger partial charge in [0.15, 0.2) is 0 Å². The van der Waals surface area contributed by atoms with E-state index < -0.39 is 0 Å². The Balaban J connectivity index is 1.53. The van der Waals surface area contributed by atoms with E-state index in [0.717, 1.165) is 33.8 Å². The van der Waals surface area contributed by atoms with E-state index in [4.69, 9.17) is 4.74 Å². The summed E-state index contributed by atoms with van der Waals surface area (Å²) in [7, 11) is 1.65. The smallest absolute Gasteiger partial charge is 0.223 e. The first kappa shape index (κ1) is 19.6. The number of rotatable bonds is 6. The van der Waals surface area contributed by atoms with Gasteiger partial charge in [-0.3, -0.25) is 0 Å². The Labute approximate surface area is 174 Å². The number of aromatic nitrogens is 4. The molecular weight excluding hydrogens is 381 g/mol. The molecule has 1 atom stereocenters. The minimum atomic E-state index is -0.254. The van der Waals surface area contributed by atoms with Crippen molar-refractivity contribution in [3.05, 3.63) is 84.5 Å². The molecule has 2 heterocycles. The van der Waals surface area contributed by atoms with Crippen LogP contribution < -0.4 is 10.1 Å². The lowest BCUT2D eigenvalue weighted by atomic mass is 10.1. The Kier molecular flexibility index (Phi) is 5.43. The van der Waals surface area contributed by atoms with Crippen molar-refractivity contribution in [2.75, 3.05) is 12.4 Å². The maximum Gasteiger partial charge on any atom is 0.223 e. The topological polar surface area (TPSA) is 64.9 Å². The first-order valence-electron chi connectivity index (χ1n) is 9.57. The largest absolute Gasteiger partial charge is 0.495 e. The number of nitrogens with one attached hydrogen (secondary N) is 1. The highest BCUT2D eigenvalue weighted by atomic mass is 19.1. The Hall–Kier alpha value is -3.74. The van der Waals surface area contributed by atoms with Crippen LogP contribution in [0.5, 0.6) is 5.75 Å². The second-order valence-electron chi connectivity index (χ2n) is 7.02. The summed E-state index contributed by atoms with van der Waals surface area (Å²) in [6, 6.07) is 12.3. The average molecular weight is 403 g/mol. The molecule has 0 saturated carbocycles. The lowest BCUT2D eigenvalue weighted by Crippen LogP contribution is -2.09. The molecule has 0 bridgehead atoms. The van der Waals surface area contributed by atoms with Crippen LogP contribution in [0.3, 0.4) is 0 Å². The fourth-order valence-corrected chi connectivity index (χ4v) is 3.20. The number of imidazole rings is 1. The molecule has 0 aliphatic heterocycles. The summed E-state index contributed by atoms with van der Waals surface area (Å²) in [5, 5.41) is 3.23. The van der Waals surface area contributed by atoms with E-state index in [0.29, 0.717) is 5.95 Å². The lowest BCUT2D eigenvalue weighted by molar-refractivity contribution is 0.413. The molecule has 2 aromatic carbocycles. The van der Waals surface area contributed by atoms with Gasteiger partial charge in [-0.1, -0.05) is 18.2 Å². The third-order valence-corrected chi connectivity index (χ3v) is 4.87. The summed E-state index contributed by atoms with van der Waals surface area (Å²) < 4.78 is 20.6. The van der Waals surface area contributed by atoms with Crippen LogP contribution in [-0.2, 0) is 0 Å². The molecule has 152 valence electrons. The molecule has 0 amide bonds. The number of hydrogen-bond donors (Lipinski definition) is 1. The third kappa shape index (κ3) is 4.15. The van der Waals surface area contributed by atoms with Crippen LogP contribution in [0, 0.1) is 12.7 Å². The van der Waals surface area contributed by atoms with Crippen LogP contribution in [-0.4, -0.2) is 26.6 Å². The summed E-state index contributed by atoms with van der Waals surface area (Å²) >= 11 is 0. The number of ether oxygens (including phenoxy) is 1. The van der Waals surface area contributed by atoms with Crippen LogP contribution in [0.15, 0.2) is 67.4 Å². The van der Waals surface area contributed by atoms with Crippen LogP contribution in [0.1, 0.15) is 24.2 Å². The van der Waals surface area contributed by atoms with Gasteiger partial charge < -0.3 is 14.6 Å². The first-order chi connectivity index (χ1) is 14.5. The van der Waals surface area contributed by atoms with Crippen LogP contribution in [0.4, 0.5) is 10.3 Å². The van der Waals surface area contributed by atoms with Crippen LogP contribution in [0.25, 0.3) is 16.8 Å². The van der Waals surface area contributed by atoms with Gasteiger partial charge >= 0.3 is 0 Å². The number of methoxy groups -OCH3 is 1. The zero-order valence-electron chi connectivity index (χ0n) is 17.0. The summed E-state index contributed by atoms with van der Waals surface area (Å²) in [4.78, 5) is 13.1. The fourth-order valence-electron chi connectivity index (χ4n) is 3.20. The number of hydrogen-bond acceptors (Lipinski definition) is 5. The van der Waals surface area contributed by atoms with Crippen molar-refractivity contribution in [3.63, 3.8) is 0 Å². The molecule has 6 nitrogen and oxygen atoms in total. The Morgan fingerprint density at radius 3 is 2.37 bits per heavy atom. The fraction of sp³-hybridized carbons (Fsp3) is 0.174. The van der Waals surface area contributed by atoms with Crippen molar-refractivity contribution in [2.24, 2.45) is 0 Å². The van der Waals surface area contributed by atoms with Gasteiger partial charge in [0.1, 0.15) is 11.6 Å². The van der Waals surface area contributed by atoms with E-state index in [2.05, 4.69) is 20.3 Å². The van der Waals surface area contributed by atoms with Gasteiger partial charge in [0, 0.05) is 24.2 Å². The maximum atomic E-state index is 13.1. The van der Waals surface area contributed by atoms with Crippen molar-refractivity contribution in [1.82, 2.24) is 19.5 Å². The zero-order valence-corrected chi connectivity index (χ0v) is 17.0. The highest BCUT2D eigenvalue weighted by molar-refractivity contribution is 5.67. The van der Waals surface area contributed by atoms with E-state index in [1.54, 1.807) is 38.0 Å². The predicted octanol–water partition coefficient (Wildman–Crippen LogP) is 4.96. The zero-order chi connectivity index (χ0) is 21.1. The van der Waals surface area contributed by atoms with E-state index in [1.807, 2.05) is 42.8 Å². The Morgan fingerprint density at radius 2 is 1.73 bits per heavy atom. The van der Waals surface area contributed by atoms with Crippen molar-refractivity contribution in [3.8, 4) is 22.6 Å². The quantitative estimate of drug-likeness (QED) is 0.493. The minimum Gasteiger partial charge on any atom is -0.495 e. The normalized spacial score (nSPS) is 11.9. The molecule has 0 spiro atoms. The van der Waals surface area contributed by atoms with E-state index in [9.17, 15) is 4.39 Å². The molecular formula is C23H22FN5O. The number of aryl methyl sites for hydroxylation is 1. The molecule has 1 N–H and O–H groups in total. The van der Waals surface area contributed by atoms with Gasteiger partial charge in [-0.2, -0.15) is 0 Å². The monoisotopic (exact) mass is 403 g/mol. The second-order valence-corrected chi connectivity index (χ2v) is 7.02. The van der Waals surface area contributed by atoms with Crippen molar-refractivity contribution >= 4 is 5.95 Å². The standard InChI is InChI=1S/C23H22FN5O/c1-15-13-29(14-27-15)21-9-6-18(10-22(21)30-3)19-11-25-23(26-12-19)28-16(2)17-4-7-20(24)8-5-17/h4-14,16H,1-3H3,(H,25,26,28)/t16-/m0/s1. The summed E-state index contributed by atoms with van der Waals surface area (Å²) in [5.74, 6) is 0.987. The Bertz CT molecular complexity index is 1140. The summed E-state index contributed by atoms with van der Waals surface area (Å²) in [6.07, 6.45) is 7.24. The minimum absolute atomic E-state index is 0.0468. The molecule has 4 aromatic rings. The number of halogens is 1. The van der Waals surface area contributed by atoms with Gasteiger partial charge in [0.05, 0.1) is 30.9 Å². The van der Waals surface area contributed by atoms with Gasteiger partial charge in [0.25, 0.3) is 0 Å². The van der Waals surface area contributed by atoms with Gasteiger partial charge in [-0.05, 0) is 49.2 Å². The van der Waals surface area contributed by atoms with Gasteiger partial charge in [0.2, 0.25) is 5.95 Å². The molecule has 30 heavy (non-hydrogen) atoms. The molecule has 7 heteroatoms. The van der Waals surface area contributed by atoms with E-state index in [-0.39, 0.29) is 11.9 Å². The lowest BCUT2D eigenvalue weighted by Gasteiger charge is -2.14. The average Bonchev–Trinajstić information content (AvgIpc) is 3.20. The number of nitrogens with zero attached hydrogens (tertiary/aromatic N) is 4. The first-order valence-corrected chi connectivity index (χ1v) is 9.57. The van der Waals surface area contributed by atoms with E-state index in [1.165, 1.54) is 12.1 Å². The van der Waals surface area contributed by atoms with Gasteiger partial charge in [-0.15, -0.1) is 0 Å². The molecule has 4 rings (SSSR count). The molecule has 0 aliphatic rings. The number of anilines is 1. The third-order valence-electron chi connectivity index (χ3n) is 4.87. The van der Waals surface area contributed by atoms with Crippen LogP contribution >= 0.6 is 0 Å². The molecule has 0 unspecified atom stereocenters. The van der Waals surface area contributed by atoms with E-state index >= 15 is 0 Å². The second kappa shape index (κ2) is 8.32. The molecule has 0 fully saturated rings. The number of benzene rings is 2. The highest BCUT2D eigenvalue weighted by Crippen LogP contribution is 2.29.